The Hall–Kier alpha value is -4.25. The predicted molar refractivity (Wildman–Crippen MR) is 156 cm³/mol. The van der Waals surface area contributed by atoms with Gasteiger partial charge in [-0.25, -0.2) is 0 Å². The second kappa shape index (κ2) is 15.1. The highest BCUT2D eigenvalue weighted by atomic mass is 19.4. The van der Waals surface area contributed by atoms with Crippen molar-refractivity contribution in [2.75, 3.05) is 25.0 Å². The minimum atomic E-state index is -4.40. The summed E-state index contributed by atoms with van der Waals surface area (Å²) in [4.78, 5) is 36.7. The van der Waals surface area contributed by atoms with E-state index in [0.717, 1.165) is 55.0 Å². The number of piperidine rings is 1. The molecule has 42 heavy (non-hydrogen) atoms. The van der Waals surface area contributed by atoms with Gasteiger partial charge in [0.15, 0.2) is 0 Å². The van der Waals surface area contributed by atoms with Crippen molar-refractivity contribution in [1.29, 1.82) is 0 Å². The normalized spacial score (nSPS) is 14.4. The molecule has 1 aliphatic rings. The third kappa shape index (κ3) is 9.13. The van der Waals surface area contributed by atoms with Crippen molar-refractivity contribution in [3.8, 4) is 0 Å². The van der Waals surface area contributed by atoms with Crippen molar-refractivity contribution < 1.29 is 27.9 Å². The Labute approximate surface area is 244 Å². The zero-order chi connectivity index (χ0) is 30.7. The molecule has 0 aliphatic carbocycles. The third-order valence-corrected chi connectivity index (χ3v) is 7.18. The number of likely N-dealkylation sites (tertiary alicyclic amines) is 1. The molecular weight excluding hydrogens is 547 g/mol. The zero-order valence-corrected chi connectivity index (χ0v) is 23.9. The van der Waals surface area contributed by atoms with Crippen molar-refractivity contribution in [1.82, 2.24) is 19.8 Å². The van der Waals surface area contributed by atoms with Crippen LogP contribution in [0.1, 0.15) is 43.4 Å². The van der Waals surface area contributed by atoms with E-state index in [1.165, 1.54) is 18.2 Å². The van der Waals surface area contributed by atoms with Gasteiger partial charge in [0.25, 0.3) is 6.47 Å². The van der Waals surface area contributed by atoms with Gasteiger partial charge >= 0.3 is 6.18 Å². The number of carbonyl (C=O) groups is 2. The first-order valence-corrected chi connectivity index (χ1v) is 13.6. The molecule has 0 bridgehead atoms. The standard InChI is InChI=1S/C30H34F3N5O.CH2O2/c1-22(2)37-16-12-27(13-17-37)38(29(39)9-6-23-4-7-25(8-5-23)30(31,32)33)21-24-18-28(20-35-19-24)36(3)26-10-14-34-15-11-26;2-1-3/h4-11,14-15,18-20,22,27H,12-13,16-17,21H2,1-3H3;1H,(H,2,3)/b9-6+;. The molecule has 1 saturated heterocycles. The molecule has 1 amide bonds. The summed E-state index contributed by atoms with van der Waals surface area (Å²) < 4.78 is 38.7. The molecule has 0 unspecified atom stereocenters. The lowest BCUT2D eigenvalue weighted by Crippen LogP contribution is -2.48. The smallest absolute Gasteiger partial charge is 0.416 e. The maximum absolute atomic E-state index is 13.5. The Bertz CT molecular complexity index is 1310. The second-order valence-corrected chi connectivity index (χ2v) is 10.2. The molecule has 2 aromatic heterocycles. The molecule has 8 nitrogen and oxygen atoms in total. The van der Waals surface area contributed by atoms with Gasteiger partial charge in [0.1, 0.15) is 0 Å². The van der Waals surface area contributed by atoms with Gasteiger partial charge in [-0.1, -0.05) is 12.1 Å². The number of amides is 1. The lowest BCUT2D eigenvalue weighted by molar-refractivity contribution is -0.137. The first-order chi connectivity index (χ1) is 20.0. The van der Waals surface area contributed by atoms with Gasteiger partial charge in [-0.15, -0.1) is 0 Å². The SMILES string of the molecule is CC(C)N1CCC(N(Cc2cncc(N(C)c3ccncc3)c2)C(=O)/C=C/c2ccc(C(F)(F)F)cc2)CC1.O=CO. The van der Waals surface area contributed by atoms with Crippen molar-refractivity contribution in [2.45, 2.75) is 51.5 Å². The summed E-state index contributed by atoms with van der Waals surface area (Å²) in [7, 11) is 1.95. The van der Waals surface area contributed by atoms with Crippen LogP contribution in [0.5, 0.6) is 0 Å². The number of anilines is 2. The van der Waals surface area contributed by atoms with E-state index < -0.39 is 11.7 Å². The number of hydrogen-bond donors (Lipinski definition) is 1. The van der Waals surface area contributed by atoms with Crippen LogP contribution in [0.15, 0.2) is 73.3 Å². The van der Waals surface area contributed by atoms with Gasteiger partial charge in [0, 0.05) is 69.1 Å². The number of pyridine rings is 2. The highest BCUT2D eigenvalue weighted by Gasteiger charge is 2.30. The third-order valence-electron chi connectivity index (χ3n) is 7.18. The van der Waals surface area contributed by atoms with Gasteiger partial charge < -0.3 is 19.8 Å². The molecule has 1 aromatic carbocycles. The fraction of sp³-hybridized carbons (Fsp3) is 0.355. The summed E-state index contributed by atoms with van der Waals surface area (Å²) in [5.41, 5.74) is 2.58. The fourth-order valence-electron chi connectivity index (χ4n) is 4.80. The largest absolute Gasteiger partial charge is 0.483 e. The predicted octanol–water partition coefficient (Wildman–Crippen LogP) is 5.88. The van der Waals surface area contributed by atoms with Gasteiger partial charge in [-0.3, -0.25) is 19.6 Å². The van der Waals surface area contributed by atoms with Gasteiger partial charge in [-0.2, -0.15) is 13.2 Å². The lowest BCUT2D eigenvalue weighted by atomic mass is 10.0. The molecule has 0 atom stereocenters. The highest BCUT2D eigenvalue weighted by Crippen LogP contribution is 2.29. The number of nitrogens with zero attached hydrogens (tertiary/aromatic N) is 5. The van der Waals surface area contributed by atoms with Crippen LogP contribution >= 0.6 is 0 Å². The van der Waals surface area contributed by atoms with Crippen LogP contribution in [0.25, 0.3) is 6.08 Å². The first-order valence-electron chi connectivity index (χ1n) is 13.6. The molecule has 3 aromatic rings. The van der Waals surface area contributed by atoms with Crippen LogP contribution in [-0.2, 0) is 22.3 Å². The molecule has 1 aliphatic heterocycles. The number of alkyl halides is 3. The van der Waals surface area contributed by atoms with Crippen LogP contribution in [0, 0.1) is 0 Å². The summed E-state index contributed by atoms with van der Waals surface area (Å²) >= 11 is 0. The Kier molecular flexibility index (Phi) is 11.6. The number of halogens is 3. The van der Waals surface area contributed by atoms with E-state index in [1.54, 1.807) is 30.9 Å². The van der Waals surface area contributed by atoms with Crippen LogP contribution in [-0.4, -0.2) is 69.5 Å². The summed E-state index contributed by atoms with van der Waals surface area (Å²) in [5, 5.41) is 6.89. The maximum Gasteiger partial charge on any atom is 0.416 e. The number of carboxylic acid groups (broad SMARTS) is 1. The van der Waals surface area contributed by atoms with E-state index in [0.29, 0.717) is 18.2 Å². The van der Waals surface area contributed by atoms with E-state index in [9.17, 15) is 18.0 Å². The minimum absolute atomic E-state index is 0.0475. The number of hydrogen-bond acceptors (Lipinski definition) is 6. The molecule has 4 rings (SSSR count). The molecule has 0 spiro atoms. The van der Waals surface area contributed by atoms with E-state index in [2.05, 4.69) is 28.7 Å². The van der Waals surface area contributed by atoms with Crippen molar-refractivity contribution in [3.63, 3.8) is 0 Å². The first kappa shape index (κ1) is 32.3. The van der Waals surface area contributed by atoms with Crippen LogP contribution in [0.2, 0.25) is 0 Å². The average Bonchev–Trinajstić information content (AvgIpc) is 2.99. The Morgan fingerprint density at radius 2 is 1.67 bits per heavy atom. The fourth-order valence-corrected chi connectivity index (χ4v) is 4.80. The molecular formula is C31H36F3N5O3. The highest BCUT2D eigenvalue weighted by molar-refractivity contribution is 5.92. The molecule has 11 heteroatoms. The Morgan fingerprint density at radius 1 is 1.05 bits per heavy atom. The number of carbonyl (C=O) groups excluding carboxylic acids is 1. The van der Waals surface area contributed by atoms with E-state index in [4.69, 9.17) is 9.90 Å². The molecule has 224 valence electrons. The summed E-state index contributed by atoms with van der Waals surface area (Å²) in [6.07, 6.45) is 7.35. The number of aromatic nitrogens is 2. The Morgan fingerprint density at radius 3 is 2.24 bits per heavy atom. The monoisotopic (exact) mass is 583 g/mol. The van der Waals surface area contributed by atoms with E-state index in [1.807, 2.05) is 35.0 Å². The maximum atomic E-state index is 13.5. The lowest BCUT2D eigenvalue weighted by Gasteiger charge is -2.39. The van der Waals surface area contributed by atoms with Crippen molar-refractivity contribution in [3.05, 3.63) is 90.0 Å². The van der Waals surface area contributed by atoms with Crippen LogP contribution in [0.3, 0.4) is 0 Å². The molecule has 0 saturated carbocycles. The topological polar surface area (TPSA) is 89.9 Å². The zero-order valence-electron chi connectivity index (χ0n) is 23.9. The van der Waals surface area contributed by atoms with Crippen molar-refractivity contribution >= 4 is 29.8 Å². The molecule has 1 N–H and O–H groups in total. The van der Waals surface area contributed by atoms with Gasteiger partial charge in [0.05, 0.1) is 17.4 Å². The summed E-state index contributed by atoms with van der Waals surface area (Å²) in [6, 6.07) is 11.1. The molecule has 3 heterocycles. The van der Waals surface area contributed by atoms with Crippen LogP contribution in [0.4, 0.5) is 24.5 Å². The van der Waals surface area contributed by atoms with E-state index in [-0.39, 0.29) is 18.4 Å². The Balaban J connectivity index is 0.00000155. The van der Waals surface area contributed by atoms with Gasteiger partial charge in [-0.05, 0) is 74.2 Å². The van der Waals surface area contributed by atoms with Crippen molar-refractivity contribution in [2.24, 2.45) is 0 Å². The quantitative estimate of drug-likeness (QED) is 0.262. The summed E-state index contributed by atoms with van der Waals surface area (Å²) in [6.45, 7) is 6.28. The van der Waals surface area contributed by atoms with Gasteiger partial charge in [0.2, 0.25) is 5.91 Å². The second-order valence-electron chi connectivity index (χ2n) is 10.2. The molecule has 0 radical (unpaired) electrons. The van der Waals surface area contributed by atoms with Crippen LogP contribution < -0.4 is 4.90 Å². The number of rotatable bonds is 8. The molecule has 1 fully saturated rings. The summed E-state index contributed by atoms with van der Waals surface area (Å²) in [5.74, 6) is -0.175. The van der Waals surface area contributed by atoms with E-state index >= 15 is 0 Å². The number of benzene rings is 1. The average molecular weight is 584 g/mol. The minimum Gasteiger partial charge on any atom is -0.483 e.